The zero-order valence-electron chi connectivity index (χ0n) is 19.5. The largest absolute Gasteiger partial charge is 0.493 e. The van der Waals surface area contributed by atoms with E-state index in [4.69, 9.17) is 16.3 Å². The highest BCUT2D eigenvalue weighted by molar-refractivity contribution is 7.89. The molecule has 0 atom stereocenters. The van der Waals surface area contributed by atoms with Gasteiger partial charge in [0.25, 0.3) is 0 Å². The maximum absolute atomic E-state index is 13.2. The van der Waals surface area contributed by atoms with Gasteiger partial charge in [-0.1, -0.05) is 29.8 Å². The molecule has 2 saturated heterocycles. The molecular formula is C25H32ClN3O4S. The molecule has 2 aliphatic heterocycles. The Morgan fingerprint density at radius 1 is 0.941 bits per heavy atom. The van der Waals surface area contributed by atoms with Gasteiger partial charge in [0, 0.05) is 56.1 Å². The van der Waals surface area contributed by atoms with Crippen molar-refractivity contribution in [2.24, 2.45) is 5.41 Å². The van der Waals surface area contributed by atoms with E-state index in [1.54, 1.807) is 12.1 Å². The van der Waals surface area contributed by atoms with E-state index in [0.29, 0.717) is 44.0 Å². The van der Waals surface area contributed by atoms with Crippen molar-refractivity contribution in [1.29, 1.82) is 0 Å². The zero-order chi connectivity index (χ0) is 24.2. The maximum Gasteiger partial charge on any atom is 0.243 e. The minimum Gasteiger partial charge on any atom is -0.493 e. The number of nitrogens with zero attached hydrogens (tertiary/aromatic N) is 3. The van der Waals surface area contributed by atoms with Crippen LogP contribution in [0.3, 0.4) is 0 Å². The predicted molar refractivity (Wildman–Crippen MR) is 133 cm³/mol. The Hall–Kier alpha value is -2.13. The molecule has 0 aromatic heterocycles. The summed E-state index contributed by atoms with van der Waals surface area (Å²) in [5.74, 6) is 0.879. The van der Waals surface area contributed by atoms with E-state index < -0.39 is 15.4 Å². The van der Waals surface area contributed by atoms with Gasteiger partial charge in [-0.15, -0.1) is 0 Å². The minimum atomic E-state index is -3.62. The molecule has 2 fully saturated rings. The van der Waals surface area contributed by atoms with Crippen molar-refractivity contribution in [2.45, 2.75) is 24.2 Å². The summed E-state index contributed by atoms with van der Waals surface area (Å²) in [5.41, 5.74) is -0.414. The third-order valence-electron chi connectivity index (χ3n) is 6.90. The van der Waals surface area contributed by atoms with Gasteiger partial charge in [-0.3, -0.25) is 4.79 Å². The van der Waals surface area contributed by atoms with E-state index in [-0.39, 0.29) is 10.8 Å². The number of hydrogen-bond acceptors (Lipinski definition) is 5. The molecule has 2 heterocycles. The Labute approximate surface area is 207 Å². The van der Waals surface area contributed by atoms with Gasteiger partial charge in [-0.05, 0) is 56.3 Å². The van der Waals surface area contributed by atoms with Crippen LogP contribution in [0.25, 0.3) is 0 Å². The second kappa shape index (κ2) is 10.6. The number of ether oxygens (including phenoxy) is 1. The Morgan fingerprint density at radius 3 is 2.18 bits per heavy atom. The van der Waals surface area contributed by atoms with Crippen molar-refractivity contribution in [2.75, 3.05) is 52.9 Å². The van der Waals surface area contributed by atoms with E-state index in [1.807, 2.05) is 35.2 Å². The number of hydrogen-bond donors (Lipinski definition) is 0. The second-order valence-electron chi connectivity index (χ2n) is 9.32. The summed E-state index contributed by atoms with van der Waals surface area (Å²) in [6.07, 6.45) is 1.48. The van der Waals surface area contributed by atoms with Crippen LogP contribution in [0, 0.1) is 5.41 Å². The first-order valence-corrected chi connectivity index (χ1v) is 13.5. The molecule has 184 valence electrons. The van der Waals surface area contributed by atoms with E-state index in [1.165, 1.54) is 16.4 Å². The minimum absolute atomic E-state index is 0.124. The number of rotatable bonds is 7. The highest BCUT2D eigenvalue weighted by atomic mass is 35.5. The number of piperidine rings is 1. The first kappa shape index (κ1) is 25.0. The standard InChI is InChI=1S/C25H32ClN3O4S/c1-27-15-17-28(18-16-27)24(30)19-25(20-33-22-5-3-2-4-6-22)11-13-29(14-12-25)34(31,32)23-9-7-21(26)8-10-23/h2-10H,11-20H2,1H3. The number of benzene rings is 2. The molecule has 2 aromatic carbocycles. The average Bonchev–Trinajstić information content (AvgIpc) is 2.84. The van der Waals surface area contributed by atoms with E-state index in [9.17, 15) is 13.2 Å². The fourth-order valence-corrected chi connectivity index (χ4v) is 6.14. The Kier molecular flexibility index (Phi) is 7.82. The molecule has 0 unspecified atom stereocenters. The molecule has 0 bridgehead atoms. The lowest BCUT2D eigenvalue weighted by Gasteiger charge is -2.42. The van der Waals surface area contributed by atoms with Gasteiger partial charge in [0.15, 0.2) is 0 Å². The average molecular weight is 506 g/mol. The number of sulfonamides is 1. The van der Waals surface area contributed by atoms with Gasteiger partial charge in [-0.2, -0.15) is 4.31 Å². The predicted octanol–water partition coefficient (Wildman–Crippen LogP) is 3.35. The molecule has 0 spiro atoms. The molecule has 0 saturated carbocycles. The van der Waals surface area contributed by atoms with Crippen LogP contribution in [-0.2, 0) is 14.8 Å². The fourth-order valence-electron chi connectivity index (χ4n) is 4.57. The summed E-state index contributed by atoms with van der Waals surface area (Å²) in [6.45, 7) is 4.26. The molecule has 0 radical (unpaired) electrons. The lowest BCUT2D eigenvalue weighted by molar-refractivity contribution is -0.136. The fraction of sp³-hybridized carbons (Fsp3) is 0.480. The summed E-state index contributed by atoms with van der Waals surface area (Å²) < 4.78 is 33.9. The smallest absolute Gasteiger partial charge is 0.243 e. The van der Waals surface area contributed by atoms with Crippen molar-refractivity contribution < 1.29 is 17.9 Å². The molecule has 0 N–H and O–H groups in total. The molecule has 1 amide bonds. The SMILES string of the molecule is CN1CCN(C(=O)CC2(COc3ccccc3)CCN(S(=O)(=O)c3ccc(Cl)cc3)CC2)CC1. The summed E-state index contributed by atoms with van der Waals surface area (Å²) in [6, 6.07) is 15.8. The summed E-state index contributed by atoms with van der Waals surface area (Å²) >= 11 is 5.93. The molecule has 0 aliphatic carbocycles. The van der Waals surface area contributed by atoms with Crippen LogP contribution in [-0.4, -0.2) is 81.4 Å². The Bertz CT molecular complexity index is 1060. The molecule has 34 heavy (non-hydrogen) atoms. The zero-order valence-corrected chi connectivity index (χ0v) is 21.1. The normalized spacial score (nSPS) is 19.6. The van der Waals surface area contributed by atoms with Crippen molar-refractivity contribution in [3.63, 3.8) is 0 Å². The second-order valence-corrected chi connectivity index (χ2v) is 11.7. The van der Waals surface area contributed by atoms with Crippen molar-refractivity contribution in [3.05, 3.63) is 59.6 Å². The molecule has 2 aliphatic rings. The van der Waals surface area contributed by atoms with Gasteiger partial charge < -0.3 is 14.5 Å². The van der Waals surface area contributed by atoms with Crippen LogP contribution >= 0.6 is 11.6 Å². The van der Waals surface area contributed by atoms with E-state index in [0.717, 1.165) is 31.9 Å². The third kappa shape index (κ3) is 5.92. The number of piperazine rings is 1. The van der Waals surface area contributed by atoms with Crippen molar-refractivity contribution in [3.8, 4) is 5.75 Å². The van der Waals surface area contributed by atoms with Crippen LogP contribution < -0.4 is 4.74 Å². The molecule has 9 heteroatoms. The number of likely N-dealkylation sites (N-methyl/N-ethyl adjacent to an activating group) is 1. The van der Waals surface area contributed by atoms with Crippen LogP contribution in [0.1, 0.15) is 19.3 Å². The highest BCUT2D eigenvalue weighted by Gasteiger charge is 2.41. The lowest BCUT2D eigenvalue weighted by atomic mass is 9.76. The summed E-state index contributed by atoms with van der Waals surface area (Å²) in [5, 5.41) is 0.497. The number of carbonyl (C=O) groups excluding carboxylic acids is 1. The molecule has 4 rings (SSSR count). The molecule has 2 aromatic rings. The quantitative estimate of drug-likeness (QED) is 0.577. The number of halogens is 1. The Balaban J connectivity index is 1.47. The molecular weight excluding hydrogens is 474 g/mol. The van der Waals surface area contributed by atoms with Crippen molar-refractivity contribution >= 4 is 27.5 Å². The first-order valence-electron chi connectivity index (χ1n) is 11.7. The Morgan fingerprint density at radius 2 is 1.56 bits per heavy atom. The first-order chi connectivity index (χ1) is 16.3. The van der Waals surface area contributed by atoms with Gasteiger partial charge in [0.05, 0.1) is 11.5 Å². The van der Waals surface area contributed by atoms with Gasteiger partial charge >= 0.3 is 0 Å². The molecule has 7 nitrogen and oxygen atoms in total. The van der Waals surface area contributed by atoms with Crippen LogP contribution in [0.2, 0.25) is 5.02 Å². The number of amides is 1. The monoisotopic (exact) mass is 505 g/mol. The third-order valence-corrected chi connectivity index (χ3v) is 9.07. The number of carbonyl (C=O) groups is 1. The van der Waals surface area contributed by atoms with Crippen LogP contribution in [0.15, 0.2) is 59.5 Å². The van der Waals surface area contributed by atoms with E-state index in [2.05, 4.69) is 11.9 Å². The highest BCUT2D eigenvalue weighted by Crippen LogP contribution is 2.38. The van der Waals surface area contributed by atoms with Crippen molar-refractivity contribution in [1.82, 2.24) is 14.1 Å². The van der Waals surface area contributed by atoms with E-state index >= 15 is 0 Å². The van der Waals surface area contributed by atoms with Crippen LogP contribution in [0.4, 0.5) is 0 Å². The summed E-state index contributed by atoms with van der Waals surface area (Å²) in [7, 11) is -1.55. The van der Waals surface area contributed by atoms with Crippen LogP contribution in [0.5, 0.6) is 5.75 Å². The van der Waals surface area contributed by atoms with Gasteiger partial charge in [-0.25, -0.2) is 8.42 Å². The number of para-hydroxylation sites is 1. The lowest BCUT2D eigenvalue weighted by Crippen LogP contribution is -2.51. The summed E-state index contributed by atoms with van der Waals surface area (Å²) in [4.78, 5) is 17.6. The maximum atomic E-state index is 13.2. The van der Waals surface area contributed by atoms with Gasteiger partial charge in [0.1, 0.15) is 5.75 Å². The van der Waals surface area contributed by atoms with Gasteiger partial charge in [0.2, 0.25) is 15.9 Å². The topological polar surface area (TPSA) is 70.2 Å².